The molecule has 0 aromatic rings. The van der Waals surface area contributed by atoms with Crippen LogP contribution in [0.4, 0.5) is 0 Å². The second-order valence-corrected chi connectivity index (χ2v) is 4.53. The molecule has 0 spiro atoms. The lowest BCUT2D eigenvalue weighted by atomic mass is 9.97. The summed E-state index contributed by atoms with van der Waals surface area (Å²) in [5.74, 6) is 0.686. The first kappa shape index (κ1) is 10.5. The molecule has 0 atom stereocenters. The smallest absolute Gasteiger partial charge is 0.0595 e. The topological polar surface area (TPSA) is 15.6 Å². The van der Waals surface area contributed by atoms with E-state index in [0.29, 0.717) is 5.92 Å². The Balaban J connectivity index is 2.07. The summed E-state index contributed by atoms with van der Waals surface area (Å²) in [5.41, 5.74) is 1.27. The SMILES string of the molecule is CN1C=CC=NC(C2CCCCCC2)=C1. The third-order valence-corrected chi connectivity index (χ3v) is 3.24. The zero-order valence-electron chi connectivity index (χ0n) is 9.52. The first-order valence-electron chi connectivity index (χ1n) is 6.01. The van der Waals surface area contributed by atoms with Crippen molar-refractivity contribution in [1.29, 1.82) is 0 Å². The van der Waals surface area contributed by atoms with Crippen LogP contribution in [0.5, 0.6) is 0 Å². The highest BCUT2D eigenvalue weighted by Gasteiger charge is 2.16. The van der Waals surface area contributed by atoms with Crippen molar-refractivity contribution in [2.24, 2.45) is 10.9 Å². The van der Waals surface area contributed by atoms with Crippen LogP contribution in [0.2, 0.25) is 0 Å². The van der Waals surface area contributed by atoms with E-state index in [0.717, 1.165) is 0 Å². The van der Waals surface area contributed by atoms with Crippen molar-refractivity contribution in [2.45, 2.75) is 38.5 Å². The van der Waals surface area contributed by atoms with Crippen LogP contribution in [0.25, 0.3) is 0 Å². The molecule has 0 N–H and O–H groups in total. The molecule has 2 rings (SSSR count). The minimum Gasteiger partial charge on any atom is -0.355 e. The Bertz CT molecular complexity index is 281. The molecule has 82 valence electrons. The summed E-state index contributed by atoms with van der Waals surface area (Å²) in [4.78, 5) is 6.65. The number of aliphatic imine (C=N–C) groups is 1. The predicted molar refractivity (Wildman–Crippen MR) is 64.7 cm³/mol. The Kier molecular flexibility index (Phi) is 3.59. The summed E-state index contributed by atoms with van der Waals surface area (Å²) in [6.45, 7) is 0. The number of allylic oxidation sites excluding steroid dienone is 2. The van der Waals surface area contributed by atoms with Gasteiger partial charge in [0.25, 0.3) is 0 Å². The molecule has 0 bridgehead atoms. The van der Waals surface area contributed by atoms with Gasteiger partial charge in [-0.05, 0) is 18.9 Å². The molecule has 2 aliphatic rings. The monoisotopic (exact) mass is 204 g/mol. The molecule has 1 aliphatic heterocycles. The summed E-state index contributed by atoms with van der Waals surface area (Å²) in [6.07, 6.45) is 16.3. The van der Waals surface area contributed by atoms with Crippen LogP contribution in [0, 0.1) is 5.92 Å². The van der Waals surface area contributed by atoms with Crippen molar-refractivity contribution in [3.63, 3.8) is 0 Å². The van der Waals surface area contributed by atoms with E-state index in [1.165, 1.54) is 44.2 Å². The van der Waals surface area contributed by atoms with Crippen molar-refractivity contribution < 1.29 is 0 Å². The number of hydrogen-bond donors (Lipinski definition) is 0. The third-order valence-electron chi connectivity index (χ3n) is 3.24. The summed E-state index contributed by atoms with van der Waals surface area (Å²) in [6, 6.07) is 0. The van der Waals surface area contributed by atoms with Gasteiger partial charge in [0.1, 0.15) is 0 Å². The summed E-state index contributed by atoms with van der Waals surface area (Å²) < 4.78 is 0. The van der Waals surface area contributed by atoms with Crippen LogP contribution in [-0.4, -0.2) is 18.2 Å². The Morgan fingerprint density at radius 1 is 1.20 bits per heavy atom. The van der Waals surface area contributed by atoms with Crippen LogP contribution in [0.3, 0.4) is 0 Å². The molecule has 1 fully saturated rings. The van der Waals surface area contributed by atoms with Crippen molar-refractivity contribution in [2.75, 3.05) is 7.05 Å². The van der Waals surface area contributed by atoms with Gasteiger partial charge in [0.05, 0.1) is 5.70 Å². The molecule has 0 radical (unpaired) electrons. The van der Waals surface area contributed by atoms with Crippen LogP contribution in [0.15, 0.2) is 29.2 Å². The second-order valence-electron chi connectivity index (χ2n) is 4.53. The van der Waals surface area contributed by atoms with Crippen LogP contribution < -0.4 is 0 Å². The quantitative estimate of drug-likeness (QED) is 0.598. The molecule has 0 aromatic heterocycles. The average Bonchev–Trinajstić information content (AvgIpc) is 2.59. The van der Waals surface area contributed by atoms with Gasteiger partial charge in [-0.15, -0.1) is 0 Å². The van der Waals surface area contributed by atoms with Crippen molar-refractivity contribution in [1.82, 2.24) is 4.90 Å². The lowest BCUT2D eigenvalue weighted by Crippen LogP contribution is -2.06. The van der Waals surface area contributed by atoms with Crippen molar-refractivity contribution in [3.8, 4) is 0 Å². The van der Waals surface area contributed by atoms with Gasteiger partial charge in [-0.1, -0.05) is 25.7 Å². The lowest BCUT2D eigenvalue weighted by Gasteiger charge is -2.16. The number of hydrogen-bond acceptors (Lipinski definition) is 2. The Hall–Kier alpha value is -1.05. The maximum Gasteiger partial charge on any atom is 0.0595 e. The van der Waals surface area contributed by atoms with Crippen molar-refractivity contribution >= 4 is 6.21 Å². The minimum atomic E-state index is 0.686. The molecule has 1 saturated carbocycles. The Morgan fingerprint density at radius 2 is 1.93 bits per heavy atom. The summed E-state index contributed by atoms with van der Waals surface area (Å²) in [5, 5.41) is 0. The molecule has 15 heavy (non-hydrogen) atoms. The van der Waals surface area contributed by atoms with E-state index in [4.69, 9.17) is 0 Å². The second kappa shape index (κ2) is 5.15. The van der Waals surface area contributed by atoms with Gasteiger partial charge in [0.2, 0.25) is 0 Å². The number of rotatable bonds is 1. The van der Waals surface area contributed by atoms with Gasteiger partial charge < -0.3 is 4.90 Å². The van der Waals surface area contributed by atoms with Gasteiger partial charge >= 0.3 is 0 Å². The zero-order chi connectivity index (χ0) is 10.5. The maximum absolute atomic E-state index is 4.55. The molecular weight excluding hydrogens is 184 g/mol. The largest absolute Gasteiger partial charge is 0.355 e. The molecule has 2 nitrogen and oxygen atoms in total. The van der Waals surface area contributed by atoms with Crippen molar-refractivity contribution in [3.05, 3.63) is 24.2 Å². The van der Waals surface area contributed by atoms with Gasteiger partial charge in [-0.2, -0.15) is 0 Å². The molecular formula is C13H20N2. The third kappa shape index (κ3) is 2.95. The highest BCUT2D eigenvalue weighted by molar-refractivity contribution is 5.72. The summed E-state index contributed by atoms with van der Waals surface area (Å²) in [7, 11) is 2.07. The van der Waals surface area contributed by atoms with E-state index in [-0.39, 0.29) is 0 Å². The highest BCUT2D eigenvalue weighted by Crippen LogP contribution is 2.29. The van der Waals surface area contributed by atoms with E-state index < -0.39 is 0 Å². The van der Waals surface area contributed by atoms with Gasteiger partial charge in [0, 0.05) is 31.6 Å². The minimum absolute atomic E-state index is 0.686. The Morgan fingerprint density at radius 3 is 2.67 bits per heavy atom. The molecule has 1 heterocycles. The Labute approximate surface area is 92.4 Å². The van der Waals surface area contributed by atoms with E-state index in [1.807, 2.05) is 18.5 Å². The van der Waals surface area contributed by atoms with Gasteiger partial charge in [-0.3, -0.25) is 4.99 Å². The molecule has 0 amide bonds. The fraction of sp³-hybridized carbons (Fsp3) is 0.615. The van der Waals surface area contributed by atoms with Crippen LogP contribution in [0.1, 0.15) is 38.5 Å². The fourth-order valence-corrected chi connectivity index (χ4v) is 2.37. The molecule has 2 heteroatoms. The van der Waals surface area contributed by atoms with Gasteiger partial charge in [0.15, 0.2) is 0 Å². The molecule has 0 saturated heterocycles. The molecule has 0 aromatic carbocycles. The standard InChI is InChI=1S/C13H20N2/c1-15-10-6-9-14-13(11-15)12-7-4-2-3-5-8-12/h6,9-12H,2-5,7-8H2,1H3. The normalized spacial score (nSPS) is 23.5. The average molecular weight is 204 g/mol. The molecule has 1 aliphatic carbocycles. The fourth-order valence-electron chi connectivity index (χ4n) is 2.37. The van der Waals surface area contributed by atoms with Crippen LogP contribution >= 0.6 is 0 Å². The maximum atomic E-state index is 4.55. The van der Waals surface area contributed by atoms with E-state index in [2.05, 4.69) is 23.1 Å². The van der Waals surface area contributed by atoms with E-state index in [1.54, 1.807) is 0 Å². The van der Waals surface area contributed by atoms with E-state index in [9.17, 15) is 0 Å². The molecule has 0 unspecified atom stereocenters. The van der Waals surface area contributed by atoms with Gasteiger partial charge in [-0.25, -0.2) is 0 Å². The first-order valence-corrected chi connectivity index (χ1v) is 6.01. The first-order chi connectivity index (χ1) is 7.36. The van der Waals surface area contributed by atoms with Crippen LogP contribution in [-0.2, 0) is 0 Å². The van der Waals surface area contributed by atoms with E-state index >= 15 is 0 Å². The number of nitrogens with zero attached hydrogens (tertiary/aromatic N) is 2. The zero-order valence-corrected chi connectivity index (χ0v) is 9.52. The lowest BCUT2D eigenvalue weighted by molar-refractivity contribution is 0.507. The summed E-state index contributed by atoms with van der Waals surface area (Å²) >= 11 is 0. The highest BCUT2D eigenvalue weighted by atomic mass is 15.1. The predicted octanol–water partition coefficient (Wildman–Crippen LogP) is 3.33.